The highest BCUT2D eigenvalue weighted by molar-refractivity contribution is 7.91. The highest BCUT2D eigenvalue weighted by Gasteiger charge is 2.35. The van der Waals surface area contributed by atoms with E-state index in [0.29, 0.717) is 19.6 Å². The maximum atomic E-state index is 12.8. The zero-order chi connectivity index (χ0) is 17.9. The van der Waals surface area contributed by atoms with Crippen molar-refractivity contribution >= 4 is 15.7 Å². The molecule has 0 bridgehead atoms. The normalized spacial score (nSPS) is 18.8. The molecule has 1 aromatic heterocycles. The van der Waals surface area contributed by atoms with Crippen LogP contribution >= 0.6 is 0 Å². The molecule has 0 saturated carbocycles. The van der Waals surface area contributed by atoms with Crippen LogP contribution in [0, 0.1) is 0 Å². The Hall–Kier alpha value is -2.28. The van der Waals surface area contributed by atoms with Crippen molar-refractivity contribution in [3.8, 4) is 5.75 Å². The first-order valence-corrected chi connectivity index (χ1v) is 10.1. The molecule has 6 nitrogen and oxygen atoms in total. The van der Waals surface area contributed by atoms with Crippen LogP contribution in [0.5, 0.6) is 5.75 Å². The summed E-state index contributed by atoms with van der Waals surface area (Å²) in [5, 5.41) is 0. The summed E-state index contributed by atoms with van der Waals surface area (Å²) in [5.74, 6) is 0.800. The van der Waals surface area contributed by atoms with Gasteiger partial charge in [0.15, 0.2) is 15.6 Å². The summed E-state index contributed by atoms with van der Waals surface area (Å²) in [5.41, 5.74) is 0.910. The van der Waals surface area contributed by atoms with Crippen molar-refractivity contribution in [2.75, 3.05) is 18.1 Å². The molecular formula is C18H21NO5S. The SMILES string of the molecule is CCOc1ccc(CN(C(=O)c2ccco2)[C@H]2CCS(=O)(=O)C2)cc1. The zero-order valence-corrected chi connectivity index (χ0v) is 14.9. The van der Waals surface area contributed by atoms with E-state index in [-0.39, 0.29) is 29.2 Å². The number of carbonyl (C=O) groups is 1. The number of nitrogens with zero attached hydrogens (tertiary/aromatic N) is 1. The molecule has 0 spiro atoms. The standard InChI is InChI=1S/C18H21NO5S/c1-2-23-16-7-5-14(6-8-16)12-19(15-9-11-25(21,22)13-15)18(20)17-4-3-10-24-17/h3-8,10,15H,2,9,11-13H2,1H3/t15-/m0/s1. The summed E-state index contributed by atoms with van der Waals surface area (Å²) >= 11 is 0. The second-order valence-electron chi connectivity index (χ2n) is 6.04. The number of ether oxygens (including phenoxy) is 1. The van der Waals surface area contributed by atoms with Crippen LogP contribution in [0.2, 0.25) is 0 Å². The first-order chi connectivity index (χ1) is 12.0. The fourth-order valence-corrected chi connectivity index (χ4v) is 4.71. The number of furan rings is 1. The molecule has 7 heteroatoms. The van der Waals surface area contributed by atoms with Crippen LogP contribution in [0.15, 0.2) is 47.1 Å². The molecule has 1 saturated heterocycles. The number of sulfone groups is 1. The second kappa shape index (κ2) is 7.31. The van der Waals surface area contributed by atoms with Crippen LogP contribution in [0.3, 0.4) is 0 Å². The van der Waals surface area contributed by atoms with E-state index in [1.54, 1.807) is 17.0 Å². The van der Waals surface area contributed by atoms with E-state index in [4.69, 9.17) is 9.15 Å². The molecule has 3 rings (SSSR count). The lowest BCUT2D eigenvalue weighted by Gasteiger charge is -2.27. The minimum Gasteiger partial charge on any atom is -0.494 e. The molecule has 1 aliphatic rings. The molecule has 1 amide bonds. The van der Waals surface area contributed by atoms with Gasteiger partial charge in [0.05, 0.1) is 24.4 Å². The molecule has 1 aliphatic heterocycles. The Morgan fingerprint density at radius 3 is 2.60 bits per heavy atom. The Balaban J connectivity index is 1.82. The van der Waals surface area contributed by atoms with Crippen LogP contribution in [-0.2, 0) is 16.4 Å². The largest absolute Gasteiger partial charge is 0.494 e. The van der Waals surface area contributed by atoms with Gasteiger partial charge >= 0.3 is 0 Å². The third-order valence-corrected chi connectivity index (χ3v) is 5.98. The van der Waals surface area contributed by atoms with Crippen molar-refractivity contribution in [3.63, 3.8) is 0 Å². The Bertz CT molecular complexity index is 812. The highest BCUT2D eigenvalue weighted by atomic mass is 32.2. The van der Waals surface area contributed by atoms with Gasteiger partial charge in [-0.15, -0.1) is 0 Å². The Labute approximate surface area is 147 Å². The van der Waals surface area contributed by atoms with E-state index in [1.165, 1.54) is 6.26 Å². The monoisotopic (exact) mass is 363 g/mol. The average molecular weight is 363 g/mol. The molecule has 1 atom stereocenters. The van der Waals surface area contributed by atoms with E-state index < -0.39 is 9.84 Å². The Morgan fingerprint density at radius 2 is 2.04 bits per heavy atom. The van der Waals surface area contributed by atoms with Crippen molar-refractivity contribution < 1.29 is 22.4 Å². The van der Waals surface area contributed by atoms with E-state index in [1.807, 2.05) is 31.2 Å². The summed E-state index contributed by atoms with van der Waals surface area (Å²) < 4.78 is 34.3. The molecule has 134 valence electrons. The van der Waals surface area contributed by atoms with E-state index in [9.17, 15) is 13.2 Å². The Morgan fingerprint density at radius 1 is 1.28 bits per heavy atom. The van der Waals surface area contributed by atoms with Gasteiger partial charge in [0.25, 0.3) is 5.91 Å². The number of carbonyl (C=O) groups excluding carboxylic acids is 1. The van der Waals surface area contributed by atoms with Gasteiger partial charge in [0.1, 0.15) is 5.75 Å². The topological polar surface area (TPSA) is 76.8 Å². The molecule has 1 fully saturated rings. The lowest BCUT2D eigenvalue weighted by atomic mass is 10.1. The highest BCUT2D eigenvalue weighted by Crippen LogP contribution is 2.23. The van der Waals surface area contributed by atoms with Gasteiger partial charge < -0.3 is 14.1 Å². The molecule has 1 aromatic carbocycles. The average Bonchev–Trinajstić information content (AvgIpc) is 3.23. The van der Waals surface area contributed by atoms with Crippen LogP contribution in [-0.4, -0.2) is 43.4 Å². The first-order valence-electron chi connectivity index (χ1n) is 8.25. The zero-order valence-electron chi connectivity index (χ0n) is 14.1. The van der Waals surface area contributed by atoms with Crippen LogP contribution in [0.1, 0.15) is 29.5 Å². The first kappa shape index (κ1) is 17.5. The summed E-state index contributed by atoms with van der Waals surface area (Å²) in [6.45, 7) is 2.83. The molecule has 0 N–H and O–H groups in total. The van der Waals surface area contributed by atoms with Crippen molar-refractivity contribution in [1.29, 1.82) is 0 Å². The van der Waals surface area contributed by atoms with Crippen LogP contribution < -0.4 is 4.74 Å². The third-order valence-electron chi connectivity index (χ3n) is 4.23. The maximum absolute atomic E-state index is 12.8. The van der Waals surface area contributed by atoms with Gasteiger partial charge in [-0.05, 0) is 43.2 Å². The smallest absolute Gasteiger partial charge is 0.290 e. The molecule has 0 unspecified atom stereocenters. The predicted octanol–water partition coefficient (Wildman–Crippen LogP) is 2.51. The van der Waals surface area contributed by atoms with Crippen molar-refractivity contribution in [3.05, 3.63) is 54.0 Å². The van der Waals surface area contributed by atoms with Crippen molar-refractivity contribution in [2.24, 2.45) is 0 Å². The predicted molar refractivity (Wildman–Crippen MR) is 93.3 cm³/mol. The molecule has 2 heterocycles. The van der Waals surface area contributed by atoms with Gasteiger partial charge in [-0.25, -0.2) is 8.42 Å². The maximum Gasteiger partial charge on any atom is 0.290 e. The molecular weight excluding hydrogens is 342 g/mol. The van der Waals surface area contributed by atoms with Crippen LogP contribution in [0.25, 0.3) is 0 Å². The quantitative estimate of drug-likeness (QED) is 0.788. The third kappa shape index (κ3) is 4.22. The second-order valence-corrected chi connectivity index (χ2v) is 8.27. The van der Waals surface area contributed by atoms with Crippen molar-refractivity contribution in [2.45, 2.75) is 25.9 Å². The van der Waals surface area contributed by atoms with Crippen LogP contribution in [0.4, 0.5) is 0 Å². The molecule has 2 aromatic rings. The van der Waals surface area contributed by atoms with E-state index >= 15 is 0 Å². The number of hydrogen-bond acceptors (Lipinski definition) is 5. The molecule has 0 aliphatic carbocycles. The van der Waals surface area contributed by atoms with E-state index in [2.05, 4.69) is 0 Å². The van der Waals surface area contributed by atoms with Crippen molar-refractivity contribution in [1.82, 2.24) is 4.90 Å². The summed E-state index contributed by atoms with van der Waals surface area (Å²) in [6, 6.07) is 10.4. The van der Waals surface area contributed by atoms with E-state index in [0.717, 1.165) is 11.3 Å². The molecule has 25 heavy (non-hydrogen) atoms. The molecule has 0 radical (unpaired) electrons. The number of benzene rings is 1. The number of amides is 1. The lowest BCUT2D eigenvalue weighted by molar-refractivity contribution is 0.0648. The van der Waals surface area contributed by atoms with Gasteiger partial charge in [-0.1, -0.05) is 12.1 Å². The summed E-state index contributed by atoms with van der Waals surface area (Å²) in [6.07, 6.45) is 1.89. The fourth-order valence-electron chi connectivity index (χ4n) is 2.98. The minimum absolute atomic E-state index is 0.00349. The Kier molecular flexibility index (Phi) is 5.13. The lowest BCUT2D eigenvalue weighted by Crippen LogP contribution is -2.40. The number of rotatable bonds is 6. The van der Waals surface area contributed by atoms with Gasteiger partial charge in [-0.2, -0.15) is 0 Å². The minimum atomic E-state index is -3.09. The van der Waals surface area contributed by atoms with Gasteiger partial charge in [0.2, 0.25) is 0 Å². The summed E-state index contributed by atoms with van der Waals surface area (Å²) in [7, 11) is -3.09. The summed E-state index contributed by atoms with van der Waals surface area (Å²) in [4.78, 5) is 14.4. The number of hydrogen-bond donors (Lipinski definition) is 0. The fraction of sp³-hybridized carbons (Fsp3) is 0.389. The van der Waals surface area contributed by atoms with Gasteiger partial charge in [-0.3, -0.25) is 4.79 Å². The van der Waals surface area contributed by atoms with Gasteiger partial charge in [0, 0.05) is 12.6 Å².